The van der Waals surface area contributed by atoms with Crippen LogP contribution in [0.5, 0.6) is 0 Å². The molecule has 12 nitrogen and oxygen atoms in total. The lowest BCUT2D eigenvalue weighted by atomic mass is 10.0. The summed E-state index contributed by atoms with van der Waals surface area (Å²) in [6.45, 7) is -0.300. The van der Waals surface area contributed by atoms with Gasteiger partial charge in [-0.2, -0.15) is 0 Å². The number of carbonyl (C=O) groups excluding carboxylic acids is 1. The minimum absolute atomic E-state index is 0.117. The number of nitrogens with one attached hydrogen (secondary N) is 1. The van der Waals surface area contributed by atoms with Crippen molar-refractivity contribution in [1.82, 2.24) is 5.32 Å². The van der Waals surface area contributed by atoms with E-state index >= 15 is 0 Å². The molecular weight excluding hydrogens is 416 g/mol. The average molecular weight is 450 g/mol. The molecule has 0 bridgehead atoms. The molecule has 0 heterocycles. The van der Waals surface area contributed by atoms with Crippen LogP contribution in [0, 0.1) is 0 Å². The Morgan fingerprint density at radius 3 is 1.45 bits per heavy atom. The van der Waals surface area contributed by atoms with Crippen molar-refractivity contribution in [2.75, 3.05) is 46.2 Å². The summed E-state index contributed by atoms with van der Waals surface area (Å²) in [4.78, 5) is 44.6. The molecule has 0 aliphatic rings. The smallest absolute Gasteiger partial charge is 0.305 e. The summed E-state index contributed by atoms with van der Waals surface area (Å²) in [6, 6.07) is 0. The molecule has 0 unspecified atom stereocenters. The predicted octanol–water partition coefficient (Wildman–Crippen LogP) is -0.166. The second kappa shape index (κ2) is 17.4. The Morgan fingerprint density at radius 1 is 0.677 bits per heavy atom. The Hall–Kier alpha value is -2.28. The molecule has 0 aromatic heterocycles. The molecule has 1 amide bonds. The first-order chi connectivity index (χ1) is 14.7. The van der Waals surface area contributed by atoms with Gasteiger partial charge in [0.15, 0.2) is 0 Å². The average Bonchev–Trinajstić information content (AvgIpc) is 2.69. The third-order valence-electron chi connectivity index (χ3n) is 4.03. The lowest BCUT2D eigenvalue weighted by Crippen LogP contribution is -2.58. The quantitative estimate of drug-likeness (QED) is 0.146. The number of ether oxygens (including phenoxy) is 3. The Labute approximate surface area is 181 Å². The van der Waals surface area contributed by atoms with Gasteiger partial charge in [0, 0.05) is 6.42 Å². The Morgan fingerprint density at radius 2 is 1.10 bits per heavy atom. The van der Waals surface area contributed by atoms with E-state index in [1.165, 1.54) is 0 Å². The standard InChI is InChI=1S/C19H34N2O10/c20-8-3-1-2-4-15(22)21-19(12-29-9-5-16(23)24,13-30-10-6-17(25)26)14-31-11-7-18(27)28/h1-14,20H2,(H,21,22)(H,23,24)(H,25,26)(H,27,28). The second-order valence-corrected chi connectivity index (χ2v) is 7.02. The van der Waals surface area contributed by atoms with Crippen molar-refractivity contribution in [1.29, 1.82) is 0 Å². The number of aliphatic carboxylic acids is 3. The monoisotopic (exact) mass is 450 g/mol. The van der Waals surface area contributed by atoms with Gasteiger partial charge in [0.25, 0.3) is 0 Å². The van der Waals surface area contributed by atoms with E-state index in [9.17, 15) is 19.2 Å². The van der Waals surface area contributed by atoms with Gasteiger partial charge in [0.05, 0.1) is 58.9 Å². The number of nitrogens with two attached hydrogens (primary N) is 1. The highest BCUT2D eigenvalue weighted by atomic mass is 16.5. The van der Waals surface area contributed by atoms with Crippen molar-refractivity contribution in [2.45, 2.75) is 50.5 Å². The zero-order valence-corrected chi connectivity index (χ0v) is 17.7. The van der Waals surface area contributed by atoms with Gasteiger partial charge in [0.1, 0.15) is 5.54 Å². The molecule has 180 valence electrons. The predicted molar refractivity (Wildman–Crippen MR) is 108 cm³/mol. The molecule has 0 fully saturated rings. The van der Waals surface area contributed by atoms with Crippen LogP contribution in [0.4, 0.5) is 0 Å². The molecule has 0 radical (unpaired) electrons. The number of hydrogen-bond donors (Lipinski definition) is 5. The third-order valence-corrected chi connectivity index (χ3v) is 4.03. The maximum atomic E-state index is 12.5. The molecule has 0 saturated carbocycles. The lowest BCUT2D eigenvalue weighted by Gasteiger charge is -2.34. The molecule has 0 aromatic carbocycles. The number of rotatable bonds is 21. The summed E-state index contributed by atoms with van der Waals surface area (Å²) in [7, 11) is 0. The van der Waals surface area contributed by atoms with E-state index in [0.29, 0.717) is 13.0 Å². The summed E-state index contributed by atoms with van der Waals surface area (Å²) >= 11 is 0. The maximum absolute atomic E-state index is 12.5. The van der Waals surface area contributed by atoms with E-state index in [-0.39, 0.29) is 71.2 Å². The van der Waals surface area contributed by atoms with Gasteiger partial charge >= 0.3 is 17.9 Å². The highest BCUT2D eigenvalue weighted by Gasteiger charge is 2.33. The summed E-state index contributed by atoms with van der Waals surface area (Å²) in [5.41, 5.74) is 4.20. The Balaban J connectivity index is 5.11. The molecule has 0 aliphatic heterocycles. The van der Waals surface area contributed by atoms with E-state index in [0.717, 1.165) is 12.8 Å². The fourth-order valence-corrected chi connectivity index (χ4v) is 2.48. The first kappa shape index (κ1) is 28.7. The van der Waals surface area contributed by atoms with Crippen molar-refractivity contribution >= 4 is 23.8 Å². The van der Waals surface area contributed by atoms with Crippen LogP contribution >= 0.6 is 0 Å². The van der Waals surface area contributed by atoms with Crippen molar-refractivity contribution in [3.63, 3.8) is 0 Å². The molecule has 12 heteroatoms. The number of unbranched alkanes of at least 4 members (excludes halogenated alkanes) is 2. The third kappa shape index (κ3) is 17.1. The largest absolute Gasteiger partial charge is 0.481 e. The van der Waals surface area contributed by atoms with Crippen molar-refractivity contribution < 1.29 is 48.7 Å². The molecule has 0 spiro atoms. The number of carbonyl (C=O) groups is 4. The maximum Gasteiger partial charge on any atom is 0.305 e. The van der Waals surface area contributed by atoms with Crippen molar-refractivity contribution in [3.8, 4) is 0 Å². The van der Waals surface area contributed by atoms with Gasteiger partial charge in [-0.3, -0.25) is 19.2 Å². The first-order valence-corrected chi connectivity index (χ1v) is 10.1. The van der Waals surface area contributed by atoms with Gasteiger partial charge in [-0.1, -0.05) is 6.42 Å². The normalized spacial score (nSPS) is 11.3. The zero-order chi connectivity index (χ0) is 23.5. The van der Waals surface area contributed by atoms with Crippen LogP contribution in [0.1, 0.15) is 44.9 Å². The van der Waals surface area contributed by atoms with E-state index < -0.39 is 23.4 Å². The molecule has 0 saturated heterocycles. The molecule has 0 rings (SSSR count). The first-order valence-electron chi connectivity index (χ1n) is 10.1. The minimum Gasteiger partial charge on any atom is -0.481 e. The van der Waals surface area contributed by atoms with Gasteiger partial charge in [-0.15, -0.1) is 0 Å². The van der Waals surface area contributed by atoms with Crippen LogP contribution in [0.2, 0.25) is 0 Å². The van der Waals surface area contributed by atoms with E-state index in [4.69, 9.17) is 35.3 Å². The fraction of sp³-hybridized carbons (Fsp3) is 0.789. The Kier molecular flexibility index (Phi) is 16.1. The van der Waals surface area contributed by atoms with E-state index in [1.54, 1.807) is 0 Å². The summed E-state index contributed by atoms with van der Waals surface area (Å²) in [5.74, 6) is -3.47. The number of carboxylic acids is 3. The second-order valence-electron chi connectivity index (χ2n) is 7.02. The molecule has 6 N–H and O–H groups in total. The van der Waals surface area contributed by atoms with Crippen LogP contribution in [0.25, 0.3) is 0 Å². The van der Waals surface area contributed by atoms with Crippen LogP contribution in [0.15, 0.2) is 0 Å². The minimum atomic E-state index is -1.24. The number of carboxylic acid groups (broad SMARTS) is 3. The number of hydrogen-bond acceptors (Lipinski definition) is 8. The Bertz CT molecular complexity index is 501. The lowest BCUT2D eigenvalue weighted by molar-refractivity contribution is -0.140. The van der Waals surface area contributed by atoms with Gasteiger partial charge in [-0.05, 0) is 19.4 Å². The molecule has 31 heavy (non-hydrogen) atoms. The van der Waals surface area contributed by atoms with Crippen molar-refractivity contribution in [3.05, 3.63) is 0 Å². The van der Waals surface area contributed by atoms with Crippen LogP contribution in [0.3, 0.4) is 0 Å². The SMILES string of the molecule is NCCCCCC(=O)NC(COCCC(=O)O)(COCCC(=O)O)COCCC(=O)O. The van der Waals surface area contributed by atoms with E-state index in [1.807, 2.05) is 0 Å². The zero-order valence-electron chi connectivity index (χ0n) is 17.7. The molecule has 0 aromatic rings. The highest BCUT2D eigenvalue weighted by molar-refractivity contribution is 5.76. The summed E-state index contributed by atoms with van der Waals surface area (Å²) in [6.07, 6.45) is 1.64. The highest BCUT2D eigenvalue weighted by Crippen LogP contribution is 2.12. The van der Waals surface area contributed by atoms with E-state index in [2.05, 4.69) is 5.32 Å². The molecule has 0 aliphatic carbocycles. The fourth-order valence-electron chi connectivity index (χ4n) is 2.48. The number of amides is 1. The summed E-state index contributed by atoms with van der Waals surface area (Å²) < 4.78 is 16.2. The van der Waals surface area contributed by atoms with Crippen LogP contribution in [-0.2, 0) is 33.4 Å². The van der Waals surface area contributed by atoms with Gasteiger partial charge in [-0.25, -0.2) is 0 Å². The van der Waals surface area contributed by atoms with Gasteiger partial charge in [0.2, 0.25) is 5.91 Å². The molecular formula is C19H34N2O10. The topological polar surface area (TPSA) is 195 Å². The van der Waals surface area contributed by atoms with Crippen LogP contribution in [-0.4, -0.2) is 90.9 Å². The van der Waals surface area contributed by atoms with Gasteiger partial charge < -0.3 is 40.6 Å². The molecule has 0 atom stereocenters. The van der Waals surface area contributed by atoms with Crippen LogP contribution < -0.4 is 11.1 Å². The summed E-state index contributed by atoms with van der Waals surface area (Å²) in [5, 5.41) is 29.1. The van der Waals surface area contributed by atoms with Crippen molar-refractivity contribution in [2.24, 2.45) is 5.73 Å².